The van der Waals surface area contributed by atoms with E-state index in [-0.39, 0.29) is 5.82 Å². The quantitative estimate of drug-likeness (QED) is 0.580. The maximum Gasteiger partial charge on any atom is 0.167 e. The summed E-state index contributed by atoms with van der Waals surface area (Å²) in [5.74, 6) is -0.180. The van der Waals surface area contributed by atoms with E-state index < -0.39 is 0 Å². The van der Waals surface area contributed by atoms with E-state index in [1.54, 1.807) is 12.1 Å². The number of likely N-dealkylation sites (tertiary alicyclic amines) is 1. The zero-order chi connectivity index (χ0) is 16.3. The molecular weight excluding hydrogens is 319 g/mol. The van der Waals surface area contributed by atoms with Crippen molar-refractivity contribution in [3.63, 3.8) is 0 Å². The molecule has 5 rings (SSSR count). The molecule has 3 aromatic rings. The van der Waals surface area contributed by atoms with Gasteiger partial charge in [-0.3, -0.25) is 0 Å². The summed E-state index contributed by atoms with van der Waals surface area (Å²) in [6.07, 6.45) is 4.81. The summed E-state index contributed by atoms with van der Waals surface area (Å²) in [6, 6.07) is 11.7. The van der Waals surface area contributed by atoms with E-state index in [9.17, 15) is 4.39 Å². The minimum atomic E-state index is -0.180. The minimum Gasteiger partial charge on any atom is -0.314 e. The van der Waals surface area contributed by atoms with Crippen LogP contribution >= 0.6 is 11.3 Å². The molecule has 0 radical (unpaired) electrons. The summed E-state index contributed by atoms with van der Waals surface area (Å²) in [7, 11) is 2.40. The van der Waals surface area contributed by atoms with Crippen molar-refractivity contribution < 1.29 is 8.87 Å². The number of hydrogen-bond donors (Lipinski definition) is 0. The third-order valence-electron chi connectivity index (χ3n) is 5.71. The molecule has 24 heavy (non-hydrogen) atoms. The van der Waals surface area contributed by atoms with Crippen molar-refractivity contribution in [1.29, 1.82) is 0 Å². The molecule has 1 aromatic carbocycles. The molecule has 0 N–H and O–H groups in total. The van der Waals surface area contributed by atoms with E-state index in [1.807, 2.05) is 23.5 Å². The molecule has 4 heterocycles. The van der Waals surface area contributed by atoms with Gasteiger partial charge in [0.05, 0.1) is 36.4 Å². The van der Waals surface area contributed by atoms with Gasteiger partial charge in [-0.1, -0.05) is 12.1 Å². The molecule has 0 saturated carbocycles. The van der Waals surface area contributed by atoms with Crippen molar-refractivity contribution in [3.05, 3.63) is 64.4 Å². The average Bonchev–Trinajstić information content (AvgIpc) is 3.30. The zero-order valence-electron chi connectivity index (χ0n) is 13.7. The van der Waals surface area contributed by atoms with Gasteiger partial charge >= 0.3 is 0 Å². The highest BCUT2D eigenvalue weighted by Crippen LogP contribution is 2.51. The summed E-state index contributed by atoms with van der Waals surface area (Å²) in [5.41, 5.74) is 5.03. The summed E-state index contributed by atoms with van der Waals surface area (Å²) in [5, 5.41) is 2.25. The number of rotatable bonds is 2. The average molecular weight is 339 g/mol. The first-order valence-corrected chi connectivity index (χ1v) is 9.44. The van der Waals surface area contributed by atoms with Crippen LogP contribution in [-0.4, -0.2) is 29.2 Å². The second-order valence-corrected chi connectivity index (χ2v) is 8.12. The van der Waals surface area contributed by atoms with Crippen molar-refractivity contribution in [2.45, 2.75) is 18.9 Å². The van der Waals surface area contributed by atoms with Crippen LogP contribution < -0.4 is 0 Å². The second kappa shape index (κ2) is 5.04. The standard InChI is InChI=1S/C20H20FN2S/c1-23(11-2-3-12-23)19-17-5-4-10-22(17)18-16(13-24-20(18)19)14-6-8-15(21)9-7-14/h4-10,13,19H,2-3,11-12H2,1H3/q+1. The van der Waals surface area contributed by atoms with Crippen molar-refractivity contribution in [2.75, 3.05) is 20.1 Å². The van der Waals surface area contributed by atoms with Crippen LogP contribution in [0.25, 0.3) is 16.8 Å². The Balaban J connectivity index is 1.70. The van der Waals surface area contributed by atoms with Crippen LogP contribution in [0.3, 0.4) is 0 Å². The molecule has 0 spiro atoms. The Morgan fingerprint density at radius 3 is 2.62 bits per heavy atom. The fourth-order valence-electron chi connectivity index (χ4n) is 4.52. The molecular formula is C20H20FN2S+. The van der Waals surface area contributed by atoms with Crippen molar-refractivity contribution in [3.8, 4) is 16.8 Å². The molecule has 0 bridgehead atoms. The molecule has 4 heteroatoms. The number of quaternary nitrogens is 1. The molecule has 2 aromatic heterocycles. The third kappa shape index (κ3) is 1.90. The Hall–Kier alpha value is -1.91. The Bertz CT molecular complexity index is 900. The van der Waals surface area contributed by atoms with Gasteiger partial charge in [-0.2, -0.15) is 0 Å². The normalized spacial score (nSPS) is 21.0. The van der Waals surface area contributed by atoms with Crippen molar-refractivity contribution >= 4 is 11.3 Å². The molecule has 0 aliphatic carbocycles. The highest BCUT2D eigenvalue weighted by atomic mass is 32.1. The third-order valence-corrected chi connectivity index (χ3v) is 6.73. The molecule has 1 atom stereocenters. The fourth-order valence-corrected chi connectivity index (χ4v) is 5.83. The van der Waals surface area contributed by atoms with Crippen LogP contribution in [0.2, 0.25) is 0 Å². The number of aromatic nitrogens is 1. The van der Waals surface area contributed by atoms with Gasteiger partial charge in [0.25, 0.3) is 0 Å². The lowest BCUT2D eigenvalue weighted by molar-refractivity contribution is -0.921. The monoisotopic (exact) mass is 339 g/mol. The highest BCUT2D eigenvalue weighted by Gasteiger charge is 2.46. The Morgan fingerprint density at radius 2 is 1.88 bits per heavy atom. The number of fused-ring (bicyclic) bond motifs is 3. The summed E-state index contributed by atoms with van der Waals surface area (Å²) >= 11 is 1.86. The van der Waals surface area contributed by atoms with Gasteiger partial charge in [-0.15, -0.1) is 11.3 Å². The minimum absolute atomic E-state index is 0.180. The predicted molar refractivity (Wildman–Crippen MR) is 96.0 cm³/mol. The molecule has 1 fully saturated rings. The van der Waals surface area contributed by atoms with E-state index in [0.29, 0.717) is 6.04 Å². The van der Waals surface area contributed by atoms with Gasteiger partial charge in [0.15, 0.2) is 6.04 Å². The van der Waals surface area contributed by atoms with Crippen LogP contribution in [0.1, 0.15) is 29.5 Å². The van der Waals surface area contributed by atoms with Crippen LogP contribution in [0.4, 0.5) is 4.39 Å². The number of benzene rings is 1. The molecule has 2 aliphatic rings. The molecule has 2 aliphatic heterocycles. The first-order valence-electron chi connectivity index (χ1n) is 8.56. The van der Waals surface area contributed by atoms with Crippen molar-refractivity contribution in [2.24, 2.45) is 0 Å². The van der Waals surface area contributed by atoms with Gasteiger partial charge < -0.3 is 9.05 Å². The van der Waals surface area contributed by atoms with Gasteiger partial charge in [-0.25, -0.2) is 4.39 Å². The number of thiophene rings is 1. The number of halogens is 1. The SMILES string of the molecule is C[N+]1(C2c3scc(-c4ccc(F)cc4)c3-n3cccc32)CCCC1. The molecule has 2 nitrogen and oxygen atoms in total. The lowest BCUT2D eigenvalue weighted by Gasteiger charge is -2.35. The van der Waals surface area contributed by atoms with Gasteiger partial charge in [0, 0.05) is 30.0 Å². The Kier molecular flexibility index (Phi) is 3.03. The maximum absolute atomic E-state index is 13.3. The predicted octanol–water partition coefficient (Wildman–Crippen LogP) is 4.99. The van der Waals surface area contributed by atoms with Crippen LogP contribution in [0.15, 0.2) is 48.0 Å². The number of nitrogens with zero attached hydrogens (tertiary/aromatic N) is 2. The fraction of sp³-hybridized carbons (Fsp3) is 0.300. The lowest BCUT2D eigenvalue weighted by atomic mass is 10.1. The Labute approximate surface area is 145 Å². The summed E-state index contributed by atoms with van der Waals surface area (Å²) < 4.78 is 16.8. The van der Waals surface area contributed by atoms with E-state index >= 15 is 0 Å². The zero-order valence-corrected chi connectivity index (χ0v) is 14.5. The van der Waals surface area contributed by atoms with Gasteiger partial charge in [0.2, 0.25) is 0 Å². The lowest BCUT2D eigenvalue weighted by Crippen LogP contribution is -2.43. The summed E-state index contributed by atoms with van der Waals surface area (Å²) in [4.78, 5) is 1.47. The second-order valence-electron chi connectivity index (χ2n) is 7.21. The maximum atomic E-state index is 13.3. The highest BCUT2D eigenvalue weighted by molar-refractivity contribution is 7.11. The molecule has 1 unspecified atom stereocenters. The first kappa shape index (κ1) is 14.4. The van der Waals surface area contributed by atoms with Crippen LogP contribution in [-0.2, 0) is 0 Å². The Morgan fingerprint density at radius 1 is 1.12 bits per heavy atom. The van der Waals surface area contributed by atoms with Crippen molar-refractivity contribution in [1.82, 2.24) is 4.57 Å². The largest absolute Gasteiger partial charge is 0.314 e. The first-order chi connectivity index (χ1) is 11.7. The molecule has 1 saturated heterocycles. The summed E-state index contributed by atoms with van der Waals surface area (Å²) in [6.45, 7) is 2.50. The van der Waals surface area contributed by atoms with Gasteiger partial charge in [0.1, 0.15) is 5.82 Å². The smallest absolute Gasteiger partial charge is 0.167 e. The van der Waals surface area contributed by atoms with E-state index in [1.165, 1.54) is 47.8 Å². The van der Waals surface area contributed by atoms with Gasteiger partial charge in [-0.05, 0) is 29.8 Å². The molecule has 122 valence electrons. The van der Waals surface area contributed by atoms with E-state index in [4.69, 9.17) is 0 Å². The topological polar surface area (TPSA) is 4.93 Å². The number of hydrogen-bond acceptors (Lipinski definition) is 1. The molecule has 0 amide bonds. The van der Waals surface area contributed by atoms with E-state index in [0.717, 1.165) is 10.0 Å². The van der Waals surface area contributed by atoms with E-state index in [2.05, 4.69) is 35.3 Å². The van der Waals surface area contributed by atoms with Crippen LogP contribution in [0.5, 0.6) is 0 Å². The van der Waals surface area contributed by atoms with Crippen LogP contribution in [0, 0.1) is 5.82 Å².